The molecule has 1 aliphatic heterocycles. The second-order valence-corrected chi connectivity index (χ2v) is 6.50. The molecule has 1 N–H and O–H groups in total. The molecule has 6 heteroatoms. The predicted octanol–water partition coefficient (Wildman–Crippen LogP) is 3.81. The smallest absolute Gasteiger partial charge is 0.237 e. The maximum Gasteiger partial charge on any atom is 0.237 e. The van der Waals surface area contributed by atoms with Crippen molar-refractivity contribution in [3.63, 3.8) is 0 Å². The van der Waals surface area contributed by atoms with Crippen LogP contribution in [0.3, 0.4) is 0 Å². The van der Waals surface area contributed by atoms with Crippen LogP contribution in [-0.2, 0) is 9.59 Å². The Hall–Kier alpha value is -1.98. The summed E-state index contributed by atoms with van der Waals surface area (Å²) in [5.41, 5.74) is 1.46. The molecule has 0 spiro atoms. The lowest BCUT2D eigenvalue weighted by Gasteiger charge is -2.28. The van der Waals surface area contributed by atoms with E-state index in [1.54, 1.807) is 23.1 Å². The Balaban J connectivity index is 1.65. The van der Waals surface area contributed by atoms with Gasteiger partial charge in [0.05, 0.1) is 22.2 Å². The SMILES string of the molecule is O=C(CCN1C(=O)CSc2ccccc21)Nc1ccccc1Cl. The number of carbonyl (C=O) groups is 2. The molecule has 0 aromatic heterocycles. The van der Waals surface area contributed by atoms with E-state index in [-0.39, 0.29) is 18.2 Å². The Bertz CT molecular complexity index is 751. The highest BCUT2D eigenvalue weighted by Crippen LogP contribution is 2.34. The Morgan fingerprint density at radius 2 is 1.91 bits per heavy atom. The van der Waals surface area contributed by atoms with Crippen LogP contribution >= 0.6 is 23.4 Å². The van der Waals surface area contributed by atoms with Crippen molar-refractivity contribution in [1.29, 1.82) is 0 Å². The summed E-state index contributed by atoms with van der Waals surface area (Å²) in [6.45, 7) is 0.354. The van der Waals surface area contributed by atoms with E-state index in [0.717, 1.165) is 10.6 Å². The van der Waals surface area contributed by atoms with Crippen molar-refractivity contribution in [2.45, 2.75) is 11.3 Å². The van der Waals surface area contributed by atoms with Gasteiger partial charge in [-0.1, -0.05) is 35.9 Å². The number of hydrogen-bond donors (Lipinski definition) is 1. The number of nitrogens with zero attached hydrogens (tertiary/aromatic N) is 1. The first-order chi connectivity index (χ1) is 11.1. The van der Waals surface area contributed by atoms with Gasteiger partial charge < -0.3 is 10.2 Å². The van der Waals surface area contributed by atoms with Crippen molar-refractivity contribution in [1.82, 2.24) is 0 Å². The predicted molar refractivity (Wildman–Crippen MR) is 94.2 cm³/mol. The van der Waals surface area contributed by atoms with Crippen LogP contribution in [0.5, 0.6) is 0 Å². The molecule has 1 aliphatic rings. The third kappa shape index (κ3) is 3.68. The van der Waals surface area contributed by atoms with E-state index < -0.39 is 0 Å². The van der Waals surface area contributed by atoms with Gasteiger partial charge in [0, 0.05) is 17.9 Å². The summed E-state index contributed by atoms with van der Waals surface area (Å²) in [6.07, 6.45) is 0.218. The lowest BCUT2D eigenvalue weighted by molar-refractivity contribution is -0.117. The molecule has 2 amide bonds. The number of halogens is 1. The molecule has 2 aromatic carbocycles. The molecule has 0 saturated carbocycles. The minimum absolute atomic E-state index is 0.0271. The number of hydrogen-bond acceptors (Lipinski definition) is 3. The Morgan fingerprint density at radius 1 is 1.17 bits per heavy atom. The van der Waals surface area contributed by atoms with Crippen molar-refractivity contribution in [2.75, 3.05) is 22.5 Å². The normalized spacial score (nSPS) is 13.6. The molecule has 0 saturated heterocycles. The molecule has 0 unspecified atom stereocenters. The Kier molecular flexibility index (Phi) is 4.88. The number of para-hydroxylation sites is 2. The van der Waals surface area contributed by atoms with Crippen LogP contribution in [0.4, 0.5) is 11.4 Å². The average molecular weight is 347 g/mol. The molecule has 23 heavy (non-hydrogen) atoms. The van der Waals surface area contributed by atoms with Gasteiger partial charge >= 0.3 is 0 Å². The summed E-state index contributed by atoms with van der Waals surface area (Å²) in [7, 11) is 0. The summed E-state index contributed by atoms with van der Waals surface area (Å²) >= 11 is 7.56. The minimum Gasteiger partial charge on any atom is -0.325 e. The average Bonchev–Trinajstić information content (AvgIpc) is 2.56. The van der Waals surface area contributed by atoms with Crippen molar-refractivity contribution in [2.24, 2.45) is 0 Å². The van der Waals surface area contributed by atoms with Crippen LogP contribution in [0.25, 0.3) is 0 Å². The molecule has 118 valence electrons. The number of benzene rings is 2. The molecular formula is C17H15ClN2O2S. The van der Waals surface area contributed by atoms with E-state index in [0.29, 0.717) is 23.0 Å². The maximum absolute atomic E-state index is 12.1. The molecule has 3 rings (SSSR count). The van der Waals surface area contributed by atoms with Gasteiger partial charge in [0.15, 0.2) is 0 Å². The molecule has 0 bridgehead atoms. The molecule has 1 heterocycles. The number of rotatable bonds is 4. The van der Waals surface area contributed by atoms with E-state index >= 15 is 0 Å². The van der Waals surface area contributed by atoms with Gasteiger partial charge in [-0.2, -0.15) is 0 Å². The van der Waals surface area contributed by atoms with Gasteiger partial charge in [0.2, 0.25) is 11.8 Å². The largest absolute Gasteiger partial charge is 0.325 e. The van der Waals surface area contributed by atoms with Crippen LogP contribution < -0.4 is 10.2 Å². The van der Waals surface area contributed by atoms with Crippen LogP contribution in [0.2, 0.25) is 5.02 Å². The molecule has 2 aromatic rings. The van der Waals surface area contributed by atoms with Gasteiger partial charge in [-0.25, -0.2) is 0 Å². The van der Waals surface area contributed by atoms with Gasteiger partial charge in [0.1, 0.15) is 0 Å². The zero-order valence-electron chi connectivity index (χ0n) is 12.3. The van der Waals surface area contributed by atoms with Crippen LogP contribution in [0.1, 0.15) is 6.42 Å². The molecule has 4 nitrogen and oxygen atoms in total. The molecule has 0 aliphatic carbocycles. The third-order valence-electron chi connectivity index (χ3n) is 3.52. The quantitative estimate of drug-likeness (QED) is 0.915. The first-order valence-corrected chi connectivity index (χ1v) is 8.58. The van der Waals surface area contributed by atoms with Crippen LogP contribution in [0.15, 0.2) is 53.4 Å². The fourth-order valence-corrected chi connectivity index (χ4v) is 3.51. The highest BCUT2D eigenvalue weighted by Gasteiger charge is 2.24. The Labute approximate surface area is 143 Å². The van der Waals surface area contributed by atoms with Gasteiger partial charge in [-0.15, -0.1) is 11.8 Å². The van der Waals surface area contributed by atoms with E-state index in [1.807, 2.05) is 30.3 Å². The molecular weight excluding hydrogens is 332 g/mol. The van der Waals surface area contributed by atoms with E-state index in [9.17, 15) is 9.59 Å². The summed E-state index contributed by atoms with van der Waals surface area (Å²) in [5.74, 6) is 0.268. The number of nitrogens with one attached hydrogen (secondary N) is 1. The Morgan fingerprint density at radius 3 is 2.74 bits per heavy atom. The zero-order valence-corrected chi connectivity index (χ0v) is 13.9. The number of carbonyl (C=O) groups excluding carboxylic acids is 2. The van der Waals surface area contributed by atoms with Crippen molar-refractivity contribution >= 4 is 46.6 Å². The van der Waals surface area contributed by atoms with Gasteiger partial charge in [-0.05, 0) is 24.3 Å². The van der Waals surface area contributed by atoms with Gasteiger partial charge in [0.25, 0.3) is 0 Å². The molecule has 0 fully saturated rings. The fraction of sp³-hybridized carbons (Fsp3) is 0.176. The van der Waals surface area contributed by atoms with Crippen LogP contribution in [0, 0.1) is 0 Å². The summed E-state index contributed by atoms with van der Waals surface area (Å²) in [5, 5.41) is 3.27. The summed E-state index contributed by atoms with van der Waals surface area (Å²) in [4.78, 5) is 27.0. The summed E-state index contributed by atoms with van der Waals surface area (Å²) < 4.78 is 0. The van der Waals surface area contributed by atoms with Crippen molar-refractivity contribution < 1.29 is 9.59 Å². The number of anilines is 2. The third-order valence-corrected chi connectivity index (χ3v) is 4.90. The first-order valence-electron chi connectivity index (χ1n) is 7.22. The molecule has 0 radical (unpaired) electrons. The number of amides is 2. The minimum atomic E-state index is -0.165. The lowest BCUT2D eigenvalue weighted by Crippen LogP contribution is -2.37. The van der Waals surface area contributed by atoms with Gasteiger partial charge in [-0.3, -0.25) is 9.59 Å². The monoisotopic (exact) mass is 346 g/mol. The molecule has 0 atom stereocenters. The topological polar surface area (TPSA) is 49.4 Å². The number of fused-ring (bicyclic) bond motifs is 1. The summed E-state index contributed by atoms with van der Waals surface area (Å²) in [6, 6.07) is 14.8. The van der Waals surface area contributed by atoms with E-state index in [4.69, 9.17) is 11.6 Å². The highest BCUT2D eigenvalue weighted by molar-refractivity contribution is 8.00. The standard InChI is InChI=1S/C17H15ClN2O2S/c18-12-5-1-2-6-13(12)19-16(21)9-10-20-14-7-3-4-8-15(14)23-11-17(20)22/h1-8H,9-11H2,(H,19,21). The second-order valence-electron chi connectivity index (χ2n) is 5.08. The first kappa shape index (κ1) is 15.9. The maximum atomic E-state index is 12.1. The fourth-order valence-electron chi connectivity index (χ4n) is 2.39. The van der Waals surface area contributed by atoms with E-state index in [2.05, 4.69) is 5.32 Å². The van der Waals surface area contributed by atoms with Crippen LogP contribution in [-0.4, -0.2) is 24.1 Å². The lowest BCUT2D eigenvalue weighted by atomic mass is 10.2. The van der Waals surface area contributed by atoms with E-state index in [1.165, 1.54) is 11.8 Å². The zero-order chi connectivity index (χ0) is 16.2. The van der Waals surface area contributed by atoms with Crippen molar-refractivity contribution in [3.8, 4) is 0 Å². The van der Waals surface area contributed by atoms with Crippen molar-refractivity contribution in [3.05, 3.63) is 53.6 Å². The number of thioether (sulfide) groups is 1. The highest BCUT2D eigenvalue weighted by atomic mass is 35.5. The second kappa shape index (κ2) is 7.06.